The zero-order chi connectivity index (χ0) is 27.1. The van der Waals surface area contributed by atoms with Crippen molar-refractivity contribution >= 4 is 13.1 Å². The van der Waals surface area contributed by atoms with Gasteiger partial charge >= 0.3 is 13.1 Å². The zero-order valence-corrected chi connectivity index (χ0v) is 22.2. The fourth-order valence-corrected chi connectivity index (χ4v) is 3.77. The van der Waals surface area contributed by atoms with Crippen molar-refractivity contribution in [2.75, 3.05) is 26.9 Å². The van der Waals surface area contributed by atoms with Crippen molar-refractivity contribution in [1.29, 1.82) is 0 Å². The average molecular weight is 509 g/mol. The first-order valence-corrected chi connectivity index (χ1v) is 12.3. The lowest BCUT2D eigenvalue weighted by Gasteiger charge is -2.32. The average Bonchev–Trinajstić information content (AvgIpc) is 3.09. The van der Waals surface area contributed by atoms with E-state index in [-0.39, 0.29) is 13.2 Å². The Balaban J connectivity index is 1.94. The molecule has 0 radical (unpaired) electrons. The number of rotatable bonds is 12. The fraction of sp³-hybridized carbons (Fsp3) is 0.429. The number of benzene rings is 1. The van der Waals surface area contributed by atoms with Gasteiger partial charge in [-0.25, -0.2) is 4.79 Å². The monoisotopic (exact) mass is 509 g/mol. The largest absolute Gasteiger partial charge is 0.494 e. The first-order valence-electron chi connectivity index (χ1n) is 12.3. The number of aliphatic hydroxyl groups excluding tert-OH is 1. The van der Waals surface area contributed by atoms with Crippen molar-refractivity contribution in [2.45, 2.75) is 51.4 Å². The summed E-state index contributed by atoms with van der Waals surface area (Å²) in [5, 5.41) is 9.12. The predicted molar refractivity (Wildman–Crippen MR) is 141 cm³/mol. The highest BCUT2D eigenvalue weighted by molar-refractivity contribution is 6.56. The number of methoxy groups -OCH3 is 1. The number of ether oxygens (including phenoxy) is 3. The van der Waals surface area contributed by atoms with E-state index in [1.165, 1.54) is 0 Å². The number of aliphatic hydroxyl groups is 1. The quantitative estimate of drug-likeness (QED) is 0.254. The molecule has 0 spiro atoms. The third kappa shape index (κ3) is 7.29. The van der Waals surface area contributed by atoms with Crippen LogP contribution in [0, 0.1) is 0 Å². The van der Waals surface area contributed by atoms with E-state index in [0.29, 0.717) is 29.9 Å². The molecule has 198 valence electrons. The number of nitrogens with zero attached hydrogens (tertiary/aromatic N) is 1. The Morgan fingerprint density at radius 1 is 1.16 bits per heavy atom. The topological polar surface area (TPSA) is 96.3 Å². The lowest BCUT2D eigenvalue weighted by atomic mass is 9.73. The van der Waals surface area contributed by atoms with Crippen molar-refractivity contribution in [3.8, 4) is 5.75 Å². The standard InChI is InChI=1S/C28H36BNO7/c1-20(19-33-6)24(29-36-27(2,3)28(4,5)37-29)10-11-25(35-26(32)21-12-14-30-15-13-21)22-8-7-9-23(18-22)34-17-16-31/h7-10,12-15,18,25,31H,1,11,16-17,19H2,2-6H3/b24-10-/t25-/m0/s1. The number of hydrogen-bond acceptors (Lipinski definition) is 8. The van der Waals surface area contributed by atoms with Crippen LogP contribution in [0.1, 0.15) is 56.1 Å². The van der Waals surface area contributed by atoms with E-state index in [1.807, 2.05) is 45.9 Å². The van der Waals surface area contributed by atoms with Gasteiger partial charge in [0.25, 0.3) is 0 Å². The molecule has 2 heterocycles. The van der Waals surface area contributed by atoms with Crippen molar-refractivity contribution in [3.63, 3.8) is 0 Å². The van der Waals surface area contributed by atoms with Gasteiger partial charge in [0.1, 0.15) is 18.5 Å². The van der Waals surface area contributed by atoms with Gasteiger partial charge in [0.15, 0.2) is 0 Å². The molecule has 1 aliphatic rings. The molecule has 1 atom stereocenters. The maximum Gasteiger partial charge on any atom is 0.494 e. The number of hydrogen-bond donors (Lipinski definition) is 1. The van der Waals surface area contributed by atoms with Gasteiger partial charge in [0, 0.05) is 25.9 Å². The molecular formula is C28H36BNO7. The van der Waals surface area contributed by atoms with Crippen LogP contribution in [0.4, 0.5) is 0 Å². The van der Waals surface area contributed by atoms with E-state index in [4.69, 9.17) is 28.6 Å². The van der Waals surface area contributed by atoms with Gasteiger partial charge in [0.2, 0.25) is 0 Å². The Morgan fingerprint density at radius 2 is 1.84 bits per heavy atom. The Hall–Kier alpha value is -2.98. The maximum absolute atomic E-state index is 13.0. The van der Waals surface area contributed by atoms with Gasteiger partial charge in [-0.2, -0.15) is 0 Å². The number of esters is 1. The maximum atomic E-state index is 13.0. The summed E-state index contributed by atoms with van der Waals surface area (Å²) >= 11 is 0. The summed E-state index contributed by atoms with van der Waals surface area (Å²) < 4.78 is 29.4. The number of aromatic nitrogens is 1. The van der Waals surface area contributed by atoms with Gasteiger partial charge in [-0.1, -0.05) is 24.8 Å². The zero-order valence-electron chi connectivity index (χ0n) is 22.2. The highest BCUT2D eigenvalue weighted by Gasteiger charge is 2.52. The van der Waals surface area contributed by atoms with Crippen LogP contribution in [-0.2, 0) is 18.8 Å². The fourth-order valence-electron chi connectivity index (χ4n) is 3.77. The first kappa shape index (κ1) is 28.6. The molecule has 0 amide bonds. The molecule has 8 nitrogen and oxygen atoms in total. The van der Waals surface area contributed by atoms with Crippen LogP contribution in [0.5, 0.6) is 5.75 Å². The molecule has 9 heteroatoms. The van der Waals surface area contributed by atoms with Gasteiger partial charge in [0.05, 0.1) is 30.0 Å². The van der Waals surface area contributed by atoms with Gasteiger partial charge in [-0.05, 0) is 68.6 Å². The van der Waals surface area contributed by atoms with E-state index < -0.39 is 30.4 Å². The predicted octanol–water partition coefficient (Wildman–Crippen LogP) is 4.50. The Morgan fingerprint density at radius 3 is 2.46 bits per heavy atom. The summed E-state index contributed by atoms with van der Waals surface area (Å²) in [7, 11) is 0.952. The number of pyridine rings is 1. The van der Waals surface area contributed by atoms with Crippen LogP contribution in [0.25, 0.3) is 0 Å². The summed E-state index contributed by atoms with van der Waals surface area (Å²) in [4.78, 5) is 16.9. The summed E-state index contributed by atoms with van der Waals surface area (Å²) in [6.45, 7) is 12.5. The van der Waals surface area contributed by atoms with E-state index in [2.05, 4.69) is 11.6 Å². The van der Waals surface area contributed by atoms with Crippen molar-refractivity contribution in [2.24, 2.45) is 0 Å². The van der Waals surface area contributed by atoms with Crippen LogP contribution in [-0.4, -0.2) is 61.3 Å². The van der Waals surface area contributed by atoms with Crippen LogP contribution < -0.4 is 4.74 Å². The molecule has 2 aromatic rings. The molecule has 37 heavy (non-hydrogen) atoms. The minimum absolute atomic E-state index is 0.105. The van der Waals surface area contributed by atoms with E-state index in [0.717, 1.165) is 11.0 Å². The van der Waals surface area contributed by atoms with Gasteiger partial charge in [-0.3, -0.25) is 4.98 Å². The lowest BCUT2D eigenvalue weighted by molar-refractivity contribution is 0.00578. The number of carbonyl (C=O) groups is 1. The van der Waals surface area contributed by atoms with Crippen molar-refractivity contribution < 1.29 is 33.4 Å². The molecule has 1 aliphatic heterocycles. The third-order valence-electron chi connectivity index (χ3n) is 6.54. The molecule has 0 unspecified atom stereocenters. The summed E-state index contributed by atoms with van der Waals surface area (Å²) in [5.41, 5.74) is 1.51. The van der Waals surface area contributed by atoms with Gasteiger partial charge < -0.3 is 28.6 Å². The minimum atomic E-state index is -0.650. The molecule has 1 aromatic carbocycles. The summed E-state index contributed by atoms with van der Waals surface area (Å²) in [6, 6.07) is 10.5. The van der Waals surface area contributed by atoms with Crippen molar-refractivity contribution in [1.82, 2.24) is 4.98 Å². The molecule has 1 N–H and O–H groups in total. The van der Waals surface area contributed by atoms with Crippen LogP contribution in [0.15, 0.2) is 72.5 Å². The van der Waals surface area contributed by atoms with Crippen molar-refractivity contribution in [3.05, 3.63) is 83.6 Å². The molecule has 1 aromatic heterocycles. The second-order valence-electron chi connectivity index (χ2n) is 9.79. The molecule has 0 saturated carbocycles. The molecular weight excluding hydrogens is 473 g/mol. The molecule has 0 bridgehead atoms. The third-order valence-corrected chi connectivity index (χ3v) is 6.54. The van der Waals surface area contributed by atoms with Gasteiger partial charge in [-0.15, -0.1) is 0 Å². The van der Waals surface area contributed by atoms with E-state index >= 15 is 0 Å². The number of carbonyl (C=O) groups excluding carboxylic acids is 1. The Labute approximate surface area is 219 Å². The lowest BCUT2D eigenvalue weighted by Crippen LogP contribution is -2.41. The second-order valence-corrected chi connectivity index (χ2v) is 9.79. The van der Waals surface area contributed by atoms with Crippen LogP contribution in [0.2, 0.25) is 0 Å². The highest BCUT2D eigenvalue weighted by Crippen LogP contribution is 2.40. The molecule has 0 aliphatic carbocycles. The highest BCUT2D eigenvalue weighted by atomic mass is 16.7. The minimum Gasteiger partial charge on any atom is -0.491 e. The molecule has 1 saturated heterocycles. The van der Waals surface area contributed by atoms with Crippen LogP contribution >= 0.6 is 0 Å². The SMILES string of the molecule is C=C(COC)/C(=C/C[C@H](OC(=O)c1ccncc1)c1cccc(OCCO)c1)B1OC(C)(C)C(C)(C)O1. The van der Waals surface area contributed by atoms with E-state index in [9.17, 15) is 4.79 Å². The second kappa shape index (κ2) is 12.5. The van der Waals surface area contributed by atoms with E-state index in [1.54, 1.807) is 43.8 Å². The van der Waals surface area contributed by atoms with Crippen LogP contribution in [0.3, 0.4) is 0 Å². The Kier molecular flexibility index (Phi) is 9.67. The smallest absolute Gasteiger partial charge is 0.491 e. The first-order chi connectivity index (χ1) is 17.6. The summed E-state index contributed by atoms with van der Waals surface area (Å²) in [6.07, 6.45) is 4.68. The Bertz CT molecular complexity index is 1080. The molecule has 3 rings (SSSR count). The molecule has 1 fully saturated rings. The normalized spacial score (nSPS) is 17.4. The summed E-state index contributed by atoms with van der Waals surface area (Å²) in [5.74, 6) is 0.0887.